The van der Waals surface area contributed by atoms with E-state index in [1.54, 1.807) is 4.80 Å². The molecule has 1 fully saturated rings. The quantitative estimate of drug-likeness (QED) is 0.789. The summed E-state index contributed by atoms with van der Waals surface area (Å²) in [6.45, 7) is 7.12. The molecule has 1 aliphatic rings. The Morgan fingerprint density at radius 3 is 2.84 bits per heavy atom. The average Bonchev–Trinajstić information content (AvgIpc) is 3.23. The number of hydrogen-bond donors (Lipinski definition) is 1. The number of hydrogen-bond acceptors (Lipinski definition) is 5. The number of aryl methyl sites for hydroxylation is 2. The van der Waals surface area contributed by atoms with Crippen molar-refractivity contribution in [3.8, 4) is 5.69 Å². The van der Waals surface area contributed by atoms with Crippen LogP contribution in [0.25, 0.3) is 5.69 Å². The van der Waals surface area contributed by atoms with Gasteiger partial charge in [-0.2, -0.15) is 20.1 Å². The number of para-hydroxylation sites is 1. The lowest BCUT2D eigenvalue weighted by molar-refractivity contribution is -0.0137. The second-order valence-electron chi connectivity index (χ2n) is 6.37. The van der Waals surface area contributed by atoms with E-state index in [2.05, 4.69) is 32.2 Å². The third-order valence-electron chi connectivity index (χ3n) is 4.65. The lowest BCUT2D eigenvalue weighted by Crippen LogP contribution is -2.39. The third kappa shape index (κ3) is 3.20. The zero-order valence-electron chi connectivity index (χ0n) is 14.5. The molecule has 1 atom stereocenters. The van der Waals surface area contributed by atoms with Crippen LogP contribution in [0.4, 0.5) is 0 Å². The number of aromatic amines is 1. The smallest absolute Gasteiger partial charge is 0.0972 e. The number of ether oxygens (including phenoxy) is 1. The van der Waals surface area contributed by atoms with Crippen molar-refractivity contribution in [2.75, 3.05) is 19.8 Å². The molecule has 1 aromatic carbocycles. The van der Waals surface area contributed by atoms with Gasteiger partial charge in [0.05, 0.1) is 42.5 Å². The molecule has 0 spiro atoms. The highest BCUT2D eigenvalue weighted by atomic mass is 16.5. The van der Waals surface area contributed by atoms with Crippen LogP contribution in [-0.4, -0.2) is 49.8 Å². The number of H-pyrrole nitrogens is 1. The second kappa shape index (κ2) is 6.78. The Labute approximate surface area is 146 Å². The molecule has 3 heterocycles. The van der Waals surface area contributed by atoms with Crippen LogP contribution in [0.5, 0.6) is 0 Å². The van der Waals surface area contributed by atoms with E-state index in [1.165, 1.54) is 5.56 Å². The van der Waals surface area contributed by atoms with Crippen LogP contribution in [-0.2, 0) is 11.3 Å². The van der Waals surface area contributed by atoms with Gasteiger partial charge in [-0.25, -0.2) is 0 Å². The van der Waals surface area contributed by atoms with Crippen molar-refractivity contribution >= 4 is 0 Å². The predicted molar refractivity (Wildman–Crippen MR) is 93.4 cm³/mol. The first-order valence-electron chi connectivity index (χ1n) is 8.52. The van der Waals surface area contributed by atoms with Gasteiger partial charge in [0.15, 0.2) is 0 Å². The largest absolute Gasteiger partial charge is 0.378 e. The van der Waals surface area contributed by atoms with Gasteiger partial charge in [0.25, 0.3) is 0 Å². The first kappa shape index (κ1) is 16.0. The zero-order chi connectivity index (χ0) is 17.2. The Balaban J connectivity index is 1.56. The van der Waals surface area contributed by atoms with Crippen molar-refractivity contribution in [3.05, 3.63) is 59.2 Å². The molecule has 7 nitrogen and oxygen atoms in total. The van der Waals surface area contributed by atoms with Crippen LogP contribution < -0.4 is 0 Å². The van der Waals surface area contributed by atoms with E-state index in [1.807, 2.05) is 43.5 Å². The van der Waals surface area contributed by atoms with Crippen LogP contribution >= 0.6 is 0 Å². The van der Waals surface area contributed by atoms with Crippen molar-refractivity contribution in [1.29, 1.82) is 0 Å². The molecule has 0 aliphatic carbocycles. The maximum Gasteiger partial charge on any atom is 0.0972 e. The molecule has 7 heteroatoms. The number of aromatic nitrogens is 5. The Kier molecular flexibility index (Phi) is 4.33. The minimum absolute atomic E-state index is 0.189. The molecule has 2 aromatic heterocycles. The molecule has 0 amide bonds. The van der Waals surface area contributed by atoms with Gasteiger partial charge in [-0.15, -0.1) is 0 Å². The highest BCUT2D eigenvalue weighted by molar-refractivity contribution is 5.29. The topological polar surface area (TPSA) is 71.9 Å². The monoisotopic (exact) mass is 338 g/mol. The summed E-state index contributed by atoms with van der Waals surface area (Å²) in [6.07, 6.45) is 1.84. The summed E-state index contributed by atoms with van der Waals surface area (Å²) in [5, 5.41) is 16.5. The first-order chi connectivity index (χ1) is 12.2. The average molecular weight is 338 g/mol. The highest BCUT2D eigenvalue weighted by Crippen LogP contribution is 2.29. The number of benzene rings is 1. The Morgan fingerprint density at radius 1 is 1.24 bits per heavy atom. The van der Waals surface area contributed by atoms with Crippen LogP contribution in [0.15, 0.2) is 36.5 Å². The van der Waals surface area contributed by atoms with Gasteiger partial charge < -0.3 is 4.74 Å². The molecule has 4 rings (SSSR count). The normalized spacial score (nSPS) is 18.6. The van der Waals surface area contributed by atoms with E-state index in [0.717, 1.165) is 42.5 Å². The van der Waals surface area contributed by atoms with E-state index in [9.17, 15) is 0 Å². The number of nitrogens with one attached hydrogen (secondary N) is 1. The van der Waals surface area contributed by atoms with Crippen molar-refractivity contribution in [1.82, 2.24) is 30.1 Å². The molecule has 0 saturated carbocycles. The van der Waals surface area contributed by atoms with Crippen LogP contribution in [0, 0.1) is 13.8 Å². The Bertz CT molecular complexity index is 821. The van der Waals surface area contributed by atoms with Gasteiger partial charge in [0.2, 0.25) is 0 Å². The lowest BCUT2D eigenvalue weighted by atomic mass is 10.0. The Morgan fingerprint density at radius 2 is 2.08 bits per heavy atom. The van der Waals surface area contributed by atoms with Crippen molar-refractivity contribution in [3.63, 3.8) is 0 Å². The summed E-state index contributed by atoms with van der Waals surface area (Å²) in [5.74, 6) is 0. The molecule has 130 valence electrons. The maximum atomic E-state index is 5.73. The van der Waals surface area contributed by atoms with Gasteiger partial charge in [-0.1, -0.05) is 18.2 Å². The summed E-state index contributed by atoms with van der Waals surface area (Å²) in [6, 6.07) is 10.2. The number of rotatable bonds is 4. The molecule has 1 aliphatic heterocycles. The van der Waals surface area contributed by atoms with E-state index in [-0.39, 0.29) is 6.04 Å². The summed E-state index contributed by atoms with van der Waals surface area (Å²) < 4.78 is 5.73. The fraction of sp³-hybridized carbons (Fsp3) is 0.389. The van der Waals surface area contributed by atoms with Crippen LogP contribution in [0.1, 0.15) is 28.7 Å². The molecule has 0 radical (unpaired) electrons. The molecule has 0 unspecified atom stereocenters. The van der Waals surface area contributed by atoms with Gasteiger partial charge in [0.1, 0.15) is 0 Å². The van der Waals surface area contributed by atoms with Crippen molar-refractivity contribution < 1.29 is 4.74 Å². The molecule has 1 N–H and O–H groups in total. The van der Waals surface area contributed by atoms with Gasteiger partial charge in [0, 0.05) is 24.3 Å². The van der Waals surface area contributed by atoms with E-state index in [0.29, 0.717) is 6.61 Å². The maximum absolute atomic E-state index is 5.73. The van der Waals surface area contributed by atoms with E-state index < -0.39 is 0 Å². The van der Waals surface area contributed by atoms with Crippen molar-refractivity contribution in [2.24, 2.45) is 0 Å². The molecule has 0 bridgehead atoms. The highest BCUT2D eigenvalue weighted by Gasteiger charge is 2.29. The third-order valence-corrected chi connectivity index (χ3v) is 4.65. The number of nitrogens with zero attached hydrogens (tertiary/aromatic N) is 5. The molecular weight excluding hydrogens is 316 g/mol. The van der Waals surface area contributed by atoms with Crippen LogP contribution in [0.3, 0.4) is 0 Å². The minimum Gasteiger partial charge on any atom is -0.378 e. The van der Waals surface area contributed by atoms with E-state index in [4.69, 9.17) is 4.74 Å². The fourth-order valence-electron chi connectivity index (χ4n) is 3.40. The fourth-order valence-corrected chi connectivity index (χ4v) is 3.40. The summed E-state index contributed by atoms with van der Waals surface area (Å²) in [7, 11) is 0. The van der Waals surface area contributed by atoms with Gasteiger partial charge >= 0.3 is 0 Å². The minimum atomic E-state index is 0.189. The molecular formula is C18H22N6O. The molecule has 1 saturated heterocycles. The van der Waals surface area contributed by atoms with Crippen LogP contribution in [0.2, 0.25) is 0 Å². The summed E-state index contributed by atoms with van der Waals surface area (Å²) >= 11 is 0. The standard InChI is InChI=1S/C18H22N6O/c1-13-18(14(2)21-20-13)17-12-25-9-8-23(17)11-15-10-19-24(22-15)16-6-4-3-5-7-16/h3-7,10,17H,8-9,11-12H2,1-2H3,(H,20,21)/t17-/m0/s1. The zero-order valence-corrected chi connectivity index (χ0v) is 14.5. The van der Waals surface area contributed by atoms with Gasteiger partial charge in [-0.3, -0.25) is 10.00 Å². The Hall–Kier alpha value is -2.51. The summed E-state index contributed by atoms with van der Waals surface area (Å²) in [5.41, 5.74) is 5.29. The second-order valence-corrected chi connectivity index (χ2v) is 6.37. The summed E-state index contributed by atoms with van der Waals surface area (Å²) in [4.78, 5) is 4.08. The molecule has 3 aromatic rings. The predicted octanol–water partition coefficient (Wildman–Crippen LogP) is 2.18. The van der Waals surface area contributed by atoms with E-state index >= 15 is 0 Å². The molecule has 25 heavy (non-hydrogen) atoms. The first-order valence-corrected chi connectivity index (χ1v) is 8.52. The lowest BCUT2D eigenvalue weighted by Gasteiger charge is -2.35. The van der Waals surface area contributed by atoms with Gasteiger partial charge in [-0.05, 0) is 26.0 Å². The van der Waals surface area contributed by atoms with Crippen molar-refractivity contribution in [2.45, 2.75) is 26.4 Å². The SMILES string of the molecule is Cc1n[nH]c(C)c1[C@@H]1COCCN1Cc1cnn(-c2ccccc2)n1. The number of morpholine rings is 1.